The van der Waals surface area contributed by atoms with Crippen molar-refractivity contribution in [1.29, 1.82) is 0 Å². The second-order valence-corrected chi connectivity index (χ2v) is 10.4. The number of rotatable bonds is 12. The van der Waals surface area contributed by atoms with Crippen LogP contribution >= 0.6 is 11.8 Å². The third-order valence-corrected chi connectivity index (χ3v) is 6.81. The van der Waals surface area contributed by atoms with E-state index < -0.39 is 12.3 Å². The molecule has 242 valence electrons. The van der Waals surface area contributed by atoms with E-state index >= 15 is 0 Å². The van der Waals surface area contributed by atoms with Crippen LogP contribution in [0.3, 0.4) is 0 Å². The Hall–Kier alpha value is -4.89. The maximum Gasteiger partial charge on any atom is 0.573 e. The number of nitrogens with one attached hydrogen (secondary N) is 1. The van der Waals surface area contributed by atoms with Gasteiger partial charge in [0.2, 0.25) is 0 Å². The monoisotopic (exact) mass is 656 g/mol. The van der Waals surface area contributed by atoms with E-state index in [0.717, 1.165) is 45.5 Å². The maximum atomic E-state index is 12.4. The molecule has 0 aliphatic rings. The summed E-state index contributed by atoms with van der Waals surface area (Å²) >= 11 is 1.16. The zero-order chi connectivity index (χ0) is 33.1. The molecule has 1 heterocycles. The van der Waals surface area contributed by atoms with Crippen molar-refractivity contribution >= 4 is 34.8 Å². The summed E-state index contributed by atoms with van der Waals surface area (Å²) < 4.78 is 58.3. The van der Waals surface area contributed by atoms with Gasteiger partial charge in [0.05, 0.1) is 24.7 Å². The fourth-order valence-corrected chi connectivity index (χ4v) is 4.56. The molecule has 11 nitrogen and oxygen atoms in total. The lowest BCUT2D eigenvalue weighted by atomic mass is 10.1. The number of aliphatic imine (C=N–C) groups is 1. The molecule has 0 aliphatic carbocycles. The van der Waals surface area contributed by atoms with Crippen molar-refractivity contribution in [3.05, 3.63) is 83.7 Å². The molecule has 46 heavy (non-hydrogen) atoms. The van der Waals surface area contributed by atoms with Crippen LogP contribution in [0.5, 0.6) is 11.5 Å². The highest BCUT2D eigenvalue weighted by molar-refractivity contribution is 8.13. The number of aryl methyl sites for hydroxylation is 2. The van der Waals surface area contributed by atoms with Gasteiger partial charge in [0.25, 0.3) is 0 Å². The molecule has 1 N–H and O–H groups in total. The quantitative estimate of drug-likeness (QED) is 0.0612. The fraction of sp³-hybridized carbons (Fsp3) is 0.258. The second kappa shape index (κ2) is 15.9. The molecule has 0 aliphatic heterocycles. The van der Waals surface area contributed by atoms with Crippen LogP contribution in [0, 0.1) is 13.8 Å². The van der Waals surface area contributed by atoms with Crippen LogP contribution in [0.25, 0.3) is 17.1 Å². The van der Waals surface area contributed by atoms with E-state index in [4.69, 9.17) is 19.2 Å². The molecule has 1 aromatic heterocycles. The average molecular weight is 657 g/mol. The number of hydrogen-bond donors (Lipinski definition) is 1. The van der Waals surface area contributed by atoms with Crippen LogP contribution in [0.1, 0.15) is 23.6 Å². The average Bonchev–Trinajstić information content (AvgIpc) is 3.51. The Morgan fingerprint density at radius 3 is 2.37 bits per heavy atom. The van der Waals surface area contributed by atoms with Gasteiger partial charge in [-0.1, -0.05) is 24.3 Å². The van der Waals surface area contributed by atoms with E-state index in [1.807, 2.05) is 50.2 Å². The topological polar surface area (TPSA) is 121 Å². The number of benzene rings is 3. The van der Waals surface area contributed by atoms with Crippen molar-refractivity contribution in [3.8, 4) is 28.6 Å². The van der Waals surface area contributed by atoms with Gasteiger partial charge in [-0.05, 0) is 85.6 Å². The van der Waals surface area contributed by atoms with E-state index in [1.54, 1.807) is 20.2 Å². The lowest BCUT2D eigenvalue weighted by Gasteiger charge is -2.11. The number of hydrazone groups is 1. The first-order valence-corrected chi connectivity index (χ1v) is 14.8. The van der Waals surface area contributed by atoms with Crippen molar-refractivity contribution in [1.82, 2.24) is 20.2 Å². The van der Waals surface area contributed by atoms with Crippen LogP contribution in [0.15, 0.2) is 77.1 Å². The standard InChI is InChI=1S/C31H31F3N6O5S/c1-5-43-17-27(41)44-19-46-30(37-28-20(2)14-26(42-4)15-21(28)3)38-36-16-22-6-8-23(9-7-22)29-35-18-40(39-29)24-10-12-25(13-11-24)45-31(32,33)34/h6-16,18H,5,17,19H2,1-4H3,(H,37,38)/b36-16-. The van der Waals surface area contributed by atoms with Crippen molar-refractivity contribution in [2.75, 3.05) is 26.3 Å². The second-order valence-electron chi connectivity index (χ2n) is 9.49. The predicted molar refractivity (Wildman–Crippen MR) is 169 cm³/mol. The summed E-state index contributed by atoms with van der Waals surface area (Å²) in [6.45, 7) is 5.91. The van der Waals surface area contributed by atoms with Crippen LogP contribution < -0.4 is 14.9 Å². The third-order valence-electron chi connectivity index (χ3n) is 6.12. The molecule has 0 radical (unpaired) electrons. The van der Waals surface area contributed by atoms with Crippen LogP contribution in [0.4, 0.5) is 18.9 Å². The highest BCUT2D eigenvalue weighted by Gasteiger charge is 2.31. The van der Waals surface area contributed by atoms with Crippen molar-refractivity contribution in [3.63, 3.8) is 0 Å². The minimum absolute atomic E-state index is 0.00132. The SMILES string of the molecule is CCOCC(=O)OCSC(=Nc1c(C)cc(OC)cc1C)N/N=C\c1ccc(-c2ncn(-c3ccc(OC(F)(F)F)cc3)n2)cc1. The number of esters is 1. The Kier molecular flexibility index (Phi) is 11.8. The lowest BCUT2D eigenvalue weighted by molar-refractivity contribution is -0.274. The number of amidine groups is 1. The van der Waals surface area contributed by atoms with Gasteiger partial charge in [-0.15, -0.1) is 18.3 Å². The highest BCUT2D eigenvalue weighted by atomic mass is 32.2. The number of aromatic nitrogens is 3. The minimum atomic E-state index is -4.76. The summed E-state index contributed by atoms with van der Waals surface area (Å²) in [6.07, 6.45) is -1.70. The number of methoxy groups -OCH3 is 1. The number of thioether (sulfide) groups is 1. The summed E-state index contributed by atoms with van der Waals surface area (Å²) in [5, 5.41) is 9.14. The zero-order valence-electron chi connectivity index (χ0n) is 25.4. The predicted octanol–water partition coefficient (Wildman–Crippen LogP) is 6.34. The molecule has 0 bridgehead atoms. The van der Waals surface area contributed by atoms with Gasteiger partial charge in [-0.25, -0.2) is 19.5 Å². The number of ether oxygens (including phenoxy) is 4. The molecule has 4 aromatic rings. The van der Waals surface area contributed by atoms with Crippen molar-refractivity contribution < 1.29 is 36.9 Å². The van der Waals surface area contributed by atoms with Gasteiger partial charge in [-0.2, -0.15) is 5.10 Å². The van der Waals surface area contributed by atoms with E-state index in [9.17, 15) is 18.0 Å². The Bertz CT molecular complexity index is 1650. The number of carbonyl (C=O) groups is 1. The summed E-state index contributed by atoms with van der Waals surface area (Å²) in [5.41, 5.74) is 7.45. The Morgan fingerprint density at radius 2 is 1.74 bits per heavy atom. The third kappa shape index (κ3) is 10.1. The number of carbonyl (C=O) groups excluding carboxylic acids is 1. The van der Waals surface area contributed by atoms with Gasteiger partial charge in [-0.3, -0.25) is 5.43 Å². The largest absolute Gasteiger partial charge is 0.573 e. The van der Waals surface area contributed by atoms with Crippen LogP contribution in [-0.4, -0.2) is 64.7 Å². The van der Waals surface area contributed by atoms with E-state index in [1.165, 1.54) is 35.3 Å². The first-order chi connectivity index (χ1) is 22.0. The smallest absolute Gasteiger partial charge is 0.497 e. The molecule has 0 unspecified atom stereocenters. The van der Waals surface area contributed by atoms with Gasteiger partial charge in [0.1, 0.15) is 30.4 Å². The first kappa shape index (κ1) is 34.0. The molecule has 4 rings (SSSR count). The van der Waals surface area contributed by atoms with Gasteiger partial charge < -0.3 is 18.9 Å². The Labute approximate surface area is 267 Å². The molecule has 0 amide bonds. The summed E-state index contributed by atoms with van der Waals surface area (Å²) in [5.74, 6) is 0.334. The minimum Gasteiger partial charge on any atom is -0.497 e. The number of nitrogens with zero attached hydrogens (tertiary/aromatic N) is 5. The molecule has 0 atom stereocenters. The zero-order valence-corrected chi connectivity index (χ0v) is 26.2. The molecular formula is C31H31F3N6O5S. The van der Waals surface area contributed by atoms with Crippen molar-refractivity contribution in [2.45, 2.75) is 27.1 Å². The molecule has 15 heteroatoms. The van der Waals surface area contributed by atoms with Gasteiger partial charge in [0, 0.05) is 12.2 Å². The number of hydrogen-bond acceptors (Lipinski definition) is 10. The molecule has 3 aromatic carbocycles. The molecule has 0 spiro atoms. The molecule has 0 saturated carbocycles. The summed E-state index contributed by atoms with van der Waals surface area (Å²) in [6, 6.07) is 16.3. The number of alkyl halides is 3. The summed E-state index contributed by atoms with van der Waals surface area (Å²) in [7, 11) is 1.60. The lowest BCUT2D eigenvalue weighted by Crippen LogP contribution is -2.17. The highest BCUT2D eigenvalue weighted by Crippen LogP contribution is 2.30. The maximum absolute atomic E-state index is 12.4. The van der Waals surface area contributed by atoms with Crippen LogP contribution in [-0.2, 0) is 14.3 Å². The van der Waals surface area contributed by atoms with Gasteiger partial charge >= 0.3 is 12.3 Å². The van der Waals surface area contributed by atoms with Crippen LogP contribution in [0.2, 0.25) is 0 Å². The summed E-state index contributed by atoms with van der Waals surface area (Å²) in [4.78, 5) is 20.9. The number of halogens is 3. The van der Waals surface area contributed by atoms with Crippen molar-refractivity contribution in [2.24, 2.45) is 10.1 Å². The molecule has 0 fully saturated rings. The Balaban J connectivity index is 1.43. The van der Waals surface area contributed by atoms with E-state index in [-0.39, 0.29) is 18.3 Å². The molecular weight excluding hydrogens is 625 g/mol. The molecule has 0 saturated heterocycles. The normalized spacial score (nSPS) is 11.9. The first-order valence-electron chi connectivity index (χ1n) is 13.8. The fourth-order valence-electron chi connectivity index (χ4n) is 3.98. The van der Waals surface area contributed by atoms with E-state index in [0.29, 0.717) is 23.3 Å². The van der Waals surface area contributed by atoms with Gasteiger partial charge in [0.15, 0.2) is 11.0 Å². The van der Waals surface area contributed by atoms with E-state index in [2.05, 4.69) is 25.3 Å². The Morgan fingerprint density at radius 1 is 1.04 bits per heavy atom.